The molecule has 0 aliphatic heterocycles. The highest BCUT2D eigenvalue weighted by Crippen LogP contribution is 2.28. The van der Waals surface area contributed by atoms with Crippen LogP contribution in [0.25, 0.3) is 0 Å². The molecular weight excluding hydrogens is 292 g/mol. The summed E-state index contributed by atoms with van der Waals surface area (Å²) in [5.41, 5.74) is 1.88. The van der Waals surface area contributed by atoms with Crippen LogP contribution >= 0.6 is 0 Å². The summed E-state index contributed by atoms with van der Waals surface area (Å²) in [5, 5.41) is 0. The van der Waals surface area contributed by atoms with Crippen molar-refractivity contribution < 1.29 is 19.0 Å². The van der Waals surface area contributed by atoms with Gasteiger partial charge in [-0.1, -0.05) is 48.5 Å². The Balaban J connectivity index is 2.08. The number of hydrogen-bond acceptors (Lipinski definition) is 4. The van der Waals surface area contributed by atoms with E-state index in [-0.39, 0.29) is 5.97 Å². The Bertz CT molecular complexity index is 624. The van der Waals surface area contributed by atoms with Crippen LogP contribution in [0.5, 0.6) is 5.75 Å². The number of esters is 1. The highest BCUT2D eigenvalue weighted by atomic mass is 16.7. The predicted octanol–water partition coefficient (Wildman–Crippen LogP) is 3.90. The summed E-state index contributed by atoms with van der Waals surface area (Å²) in [7, 11) is 1.50. The largest absolute Gasteiger partial charge is 0.489 e. The van der Waals surface area contributed by atoms with Crippen LogP contribution in [0.2, 0.25) is 0 Å². The molecule has 0 N–H and O–H groups in total. The first-order chi connectivity index (χ1) is 11.1. The third-order valence-electron chi connectivity index (χ3n) is 3.59. The Labute approximate surface area is 137 Å². The first-order valence-electron chi connectivity index (χ1n) is 7.60. The van der Waals surface area contributed by atoms with Crippen molar-refractivity contribution in [2.75, 3.05) is 7.11 Å². The van der Waals surface area contributed by atoms with E-state index in [2.05, 4.69) is 0 Å². The lowest BCUT2D eigenvalue weighted by Gasteiger charge is -2.18. The van der Waals surface area contributed by atoms with Gasteiger partial charge in [0.1, 0.15) is 12.4 Å². The van der Waals surface area contributed by atoms with E-state index in [0.717, 1.165) is 11.1 Å². The molecule has 0 radical (unpaired) electrons. The number of rotatable bonds is 7. The number of para-hydroxylation sites is 1. The summed E-state index contributed by atoms with van der Waals surface area (Å²) in [4.78, 5) is 12.2. The molecule has 0 spiro atoms. The maximum atomic E-state index is 12.2. The number of hydrogen-bond donors (Lipinski definition) is 0. The van der Waals surface area contributed by atoms with Gasteiger partial charge in [-0.2, -0.15) is 0 Å². The molecule has 0 aromatic heterocycles. The molecule has 2 aromatic carbocycles. The molecule has 0 bridgehead atoms. The Morgan fingerprint density at radius 2 is 1.65 bits per heavy atom. The van der Waals surface area contributed by atoms with Crippen LogP contribution in [-0.2, 0) is 20.9 Å². The van der Waals surface area contributed by atoms with E-state index in [1.54, 1.807) is 13.8 Å². The number of carbonyl (C=O) groups is 1. The molecule has 0 heterocycles. The molecule has 4 nitrogen and oxygen atoms in total. The van der Waals surface area contributed by atoms with Crippen molar-refractivity contribution in [1.29, 1.82) is 0 Å². The van der Waals surface area contributed by atoms with E-state index in [9.17, 15) is 4.79 Å². The fourth-order valence-corrected chi connectivity index (χ4v) is 2.15. The molecule has 2 atom stereocenters. The zero-order valence-corrected chi connectivity index (χ0v) is 13.7. The molecule has 0 aliphatic carbocycles. The molecule has 0 amide bonds. The van der Waals surface area contributed by atoms with Crippen LogP contribution in [0, 0.1) is 0 Å². The van der Waals surface area contributed by atoms with E-state index in [1.165, 1.54) is 7.11 Å². The van der Waals surface area contributed by atoms with E-state index in [0.29, 0.717) is 12.4 Å². The summed E-state index contributed by atoms with van der Waals surface area (Å²) in [6.07, 6.45) is -0.567. The predicted molar refractivity (Wildman–Crippen MR) is 88.2 cm³/mol. The van der Waals surface area contributed by atoms with Crippen LogP contribution in [0.15, 0.2) is 54.6 Å². The normalized spacial score (nSPS) is 13.2. The van der Waals surface area contributed by atoms with Crippen LogP contribution in [0.4, 0.5) is 0 Å². The summed E-state index contributed by atoms with van der Waals surface area (Å²) >= 11 is 0. The SMILES string of the molecule is COC(C)OC(=O)C(C)c1ccccc1OCc1ccccc1. The van der Waals surface area contributed by atoms with Gasteiger partial charge in [-0.05, 0) is 25.5 Å². The van der Waals surface area contributed by atoms with Gasteiger partial charge >= 0.3 is 5.97 Å². The van der Waals surface area contributed by atoms with Gasteiger partial charge in [0.25, 0.3) is 0 Å². The molecule has 23 heavy (non-hydrogen) atoms. The second-order valence-corrected chi connectivity index (χ2v) is 5.27. The fraction of sp³-hybridized carbons (Fsp3) is 0.316. The van der Waals surface area contributed by atoms with Crippen molar-refractivity contribution in [3.05, 3.63) is 65.7 Å². The monoisotopic (exact) mass is 314 g/mol. The van der Waals surface area contributed by atoms with Gasteiger partial charge < -0.3 is 14.2 Å². The van der Waals surface area contributed by atoms with Gasteiger partial charge in [0.2, 0.25) is 0 Å². The van der Waals surface area contributed by atoms with Crippen molar-refractivity contribution in [3.8, 4) is 5.75 Å². The number of benzene rings is 2. The topological polar surface area (TPSA) is 44.8 Å². The van der Waals surface area contributed by atoms with Crippen LogP contribution < -0.4 is 4.74 Å². The highest BCUT2D eigenvalue weighted by molar-refractivity contribution is 5.78. The third-order valence-corrected chi connectivity index (χ3v) is 3.59. The van der Waals surface area contributed by atoms with Gasteiger partial charge in [-0.25, -0.2) is 0 Å². The minimum absolute atomic E-state index is 0.338. The molecule has 2 rings (SSSR count). The highest BCUT2D eigenvalue weighted by Gasteiger charge is 2.22. The molecule has 0 aliphatic rings. The molecule has 122 valence electrons. The van der Waals surface area contributed by atoms with Crippen molar-refractivity contribution in [3.63, 3.8) is 0 Å². The second kappa shape index (κ2) is 8.34. The first kappa shape index (κ1) is 17.0. The Hall–Kier alpha value is -2.33. The molecule has 0 saturated heterocycles. The number of methoxy groups -OCH3 is 1. The summed E-state index contributed by atoms with van der Waals surface area (Å²) in [6, 6.07) is 17.4. The zero-order chi connectivity index (χ0) is 16.7. The summed E-state index contributed by atoms with van der Waals surface area (Å²) in [6.45, 7) is 3.94. The van der Waals surface area contributed by atoms with Crippen molar-refractivity contribution in [1.82, 2.24) is 0 Å². The standard InChI is InChI=1S/C19H22O4/c1-14(19(20)23-15(2)21-3)17-11-7-8-12-18(17)22-13-16-9-5-4-6-10-16/h4-12,14-15H,13H2,1-3H3. The molecule has 0 saturated carbocycles. The number of ether oxygens (including phenoxy) is 3. The average Bonchev–Trinajstić information content (AvgIpc) is 2.60. The lowest BCUT2D eigenvalue weighted by Crippen LogP contribution is -2.21. The van der Waals surface area contributed by atoms with E-state index in [4.69, 9.17) is 14.2 Å². The van der Waals surface area contributed by atoms with Gasteiger partial charge in [-0.15, -0.1) is 0 Å². The Morgan fingerprint density at radius 3 is 2.35 bits per heavy atom. The zero-order valence-electron chi connectivity index (χ0n) is 13.7. The fourth-order valence-electron chi connectivity index (χ4n) is 2.15. The van der Waals surface area contributed by atoms with E-state index >= 15 is 0 Å². The smallest absolute Gasteiger partial charge is 0.315 e. The third kappa shape index (κ3) is 4.83. The quantitative estimate of drug-likeness (QED) is 0.574. The molecule has 0 fully saturated rings. The summed E-state index contributed by atoms with van der Waals surface area (Å²) < 4.78 is 16.1. The molecule has 2 aromatic rings. The van der Waals surface area contributed by atoms with Crippen molar-refractivity contribution in [2.45, 2.75) is 32.7 Å². The lowest BCUT2D eigenvalue weighted by atomic mass is 10.0. The minimum atomic E-state index is -0.567. The van der Waals surface area contributed by atoms with Crippen molar-refractivity contribution >= 4 is 5.97 Å². The van der Waals surface area contributed by atoms with Gasteiger partial charge in [-0.3, -0.25) is 4.79 Å². The van der Waals surface area contributed by atoms with Crippen LogP contribution in [0.3, 0.4) is 0 Å². The summed E-state index contributed by atoms with van der Waals surface area (Å²) in [5.74, 6) is -0.0828. The Kier molecular flexibility index (Phi) is 6.18. The van der Waals surface area contributed by atoms with Crippen LogP contribution in [0.1, 0.15) is 30.9 Å². The maximum Gasteiger partial charge on any atom is 0.315 e. The number of carbonyl (C=O) groups excluding carboxylic acids is 1. The van der Waals surface area contributed by atoms with Gasteiger partial charge in [0.05, 0.1) is 5.92 Å². The molecule has 2 unspecified atom stereocenters. The van der Waals surface area contributed by atoms with Crippen LogP contribution in [-0.4, -0.2) is 19.4 Å². The van der Waals surface area contributed by atoms with Gasteiger partial charge in [0, 0.05) is 12.7 Å². The van der Waals surface area contributed by atoms with E-state index in [1.807, 2.05) is 54.6 Å². The van der Waals surface area contributed by atoms with Gasteiger partial charge in [0.15, 0.2) is 6.29 Å². The van der Waals surface area contributed by atoms with E-state index < -0.39 is 12.2 Å². The van der Waals surface area contributed by atoms with Crippen molar-refractivity contribution in [2.24, 2.45) is 0 Å². The lowest BCUT2D eigenvalue weighted by molar-refractivity contribution is -0.171. The molecular formula is C19H22O4. The maximum absolute atomic E-state index is 12.2. The molecule has 4 heteroatoms. The Morgan fingerprint density at radius 1 is 1.00 bits per heavy atom. The minimum Gasteiger partial charge on any atom is -0.489 e. The second-order valence-electron chi connectivity index (χ2n) is 5.27. The first-order valence-corrected chi connectivity index (χ1v) is 7.60. The average molecular weight is 314 g/mol.